The molecule has 3 nitrogen and oxygen atoms in total. The largest absolute Gasteiger partial charge is 0.480 e. The highest BCUT2D eigenvalue weighted by Crippen LogP contribution is 2.25. The number of carboxylic acids is 1. The highest BCUT2D eigenvalue weighted by atomic mass is 32.1. The van der Waals surface area contributed by atoms with Crippen molar-refractivity contribution in [3.05, 3.63) is 46.7 Å². The molecule has 0 radical (unpaired) electrons. The van der Waals surface area contributed by atoms with Crippen molar-refractivity contribution < 1.29 is 9.90 Å². The van der Waals surface area contributed by atoms with Gasteiger partial charge in [0.1, 0.15) is 6.04 Å². The van der Waals surface area contributed by atoms with Crippen LogP contribution >= 0.6 is 11.3 Å². The van der Waals surface area contributed by atoms with Gasteiger partial charge in [0.2, 0.25) is 0 Å². The van der Waals surface area contributed by atoms with Crippen LogP contribution in [0.25, 0.3) is 11.1 Å². The molecule has 2 rings (SSSR count). The van der Waals surface area contributed by atoms with E-state index < -0.39 is 12.0 Å². The fourth-order valence-electron chi connectivity index (χ4n) is 2.20. The molecule has 112 valence electrons. The van der Waals surface area contributed by atoms with Gasteiger partial charge in [-0.1, -0.05) is 50.1 Å². The van der Waals surface area contributed by atoms with Gasteiger partial charge < -0.3 is 5.11 Å². The summed E-state index contributed by atoms with van der Waals surface area (Å²) in [5, 5.41) is 14.5. The third kappa shape index (κ3) is 4.69. The minimum Gasteiger partial charge on any atom is -0.480 e. The van der Waals surface area contributed by atoms with Crippen LogP contribution < -0.4 is 5.32 Å². The molecule has 0 aliphatic rings. The van der Waals surface area contributed by atoms with Crippen LogP contribution in [0, 0.1) is 0 Å². The minimum absolute atomic E-state index is 0.452. The smallest absolute Gasteiger partial charge is 0.320 e. The summed E-state index contributed by atoms with van der Waals surface area (Å²) in [6.45, 7) is 2.68. The van der Waals surface area contributed by atoms with E-state index in [4.69, 9.17) is 0 Å². The van der Waals surface area contributed by atoms with Gasteiger partial charge in [-0.3, -0.25) is 10.1 Å². The summed E-state index contributed by atoms with van der Waals surface area (Å²) >= 11 is 1.67. The van der Waals surface area contributed by atoms with Gasteiger partial charge in [0.05, 0.1) is 0 Å². The summed E-state index contributed by atoms with van der Waals surface area (Å²) in [5.41, 5.74) is 2.39. The average molecular weight is 303 g/mol. The first-order chi connectivity index (χ1) is 10.2. The second-order valence-corrected chi connectivity index (χ2v) is 6.08. The maximum atomic E-state index is 11.2. The van der Waals surface area contributed by atoms with E-state index in [1.54, 1.807) is 11.3 Å². The molecular weight excluding hydrogens is 282 g/mol. The number of hydrogen-bond acceptors (Lipinski definition) is 3. The van der Waals surface area contributed by atoms with E-state index in [0.717, 1.165) is 17.7 Å². The average Bonchev–Trinajstić information content (AvgIpc) is 2.97. The Morgan fingerprint density at radius 3 is 2.71 bits per heavy atom. The maximum Gasteiger partial charge on any atom is 0.320 e. The van der Waals surface area contributed by atoms with E-state index in [0.29, 0.717) is 13.0 Å². The van der Waals surface area contributed by atoms with Gasteiger partial charge >= 0.3 is 5.97 Å². The monoisotopic (exact) mass is 303 g/mol. The number of nitrogens with one attached hydrogen (secondary N) is 1. The second-order valence-electron chi connectivity index (χ2n) is 5.08. The molecular formula is C17H21NO2S. The molecule has 1 aromatic carbocycles. The zero-order chi connectivity index (χ0) is 15.1. The molecule has 4 heteroatoms. The minimum atomic E-state index is -0.761. The number of carboxylic acid groups (broad SMARTS) is 1. The molecule has 1 atom stereocenters. The quantitative estimate of drug-likeness (QED) is 0.770. The molecule has 2 aromatic rings. The fourth-order valence-corrected chi connectivity index (χ4v) is 3.04. The molecule has 0 fully saturated rings. The van der Waals surface area contributed by atoms with Crippen molar-refractivity contribution in [1.29, 1.82) is 0 Å². The van der Waals surface area contributed by atoms with Crippen LogP contribution in [0.3, 0.4) is 0 Å². The van der Waals surface area contributed by atoms with E-state index in [1.165, 1.54) is 11.1 Å². The maximum absolute atomic E-state index is 11.2. The number of benzene rings is 1. The molecule has 0 aliphatic heterocycles. The van der Waals surface area contributed by atoms with Crippen LogP contribution in [0.4, 0.5) is 0 Å². The molecule has 0 amide bonds. The third-order valence-electron chi connectivity index (χ3n) is 3.43. The number of carbonyl (C=O) groups is 1. The molecule has 0 spiro atoms. The van der Waals surface area contributed by atoms with Gasteiger partial charge in [-0.25, -0.2) is 0 Å². The Morgan fingerprint density at radius 1 is 1.29 bits per heavy atom. The number of rotatable bonds is 8. The lowest BCUT2D eigenvalue weighted by Crippen LogP contribution is -2.35. The number of aliphatic carboxylic acids is 1. The molecule has 21 heavy (non-hydrogen) atoms. The third-order valence-corrected chi connectivity index (χ3v) is 4.36. The lowest BCUT2D eigenvalue weighted by atomic mass is 10.1. The summed E-state index contributed by atoms with van der Waals surface area (Å²) in [6, 6.07) is 11.9. The van der Waals surface area contributed by atoms with Gasteiger partial charge in [0.15, 0.2) is 0 Å². The van der Waals surface area contributed by atoms with Crippen molar-refractivity contribution in [2.45, 2.75) is 38.8 Å². The van der Waals surface area contributed by atoms with Crippen LogP contribution in [-0.4, -0.2) is 17.1 Å². The predicted octanol–water partition coefficient (Wildman–Crippen LogP) is 4.15. The van der Waals surface area contributed by atoms with E-state index in [9.17, 15) is 9.90 Å². The van der Waals surface area contributed by atoms with Crippen molar-refractivity contribution in [2.24, 2.45) is 0 Å². The summed E-state index contributed by atoms with van der Waals surface area (Å²) in [7, 11) is 0. The first-order valence-electron chi connectivity index (χ1n) is 7.29. The standard InChI is InChI=1S/C17H21NO2S/c1-2-3-9-16(17(19)20)18-11-15-10-14(12-21-15)13-7-5-4-6-8-13/h4-8,10,12,16,18H,2-3,9,11H2,1H3,(H,19,20). The number of unbranched alkanes of at least 4 members (excludes halogenated alkanes) is 1. The van der Waals surface area contributed by atoms with Crippen molar-refractivity contribution in [3.8, 4) is 11.1 Å². The van der Waals surface area contributed by atoms with E-state index >= 15 is 0 Å². The normalized spacial score (nSPS) is 12.2. The van der Waals surface area contributed by atoms with Crippen LogP contribution in [0.2, 0.25) is 0 Å². The Labute approximate surface area is 129 Å². The van der Waals surface area contributed by atoms with Gasteiger partial charge in [0, 0.05) is 11.4 Å². The Morgan fingerprint density at radius 2 is 2.05 bits per heavy atom. The summed E-state index contributed by atoms with van der Waals surface area (Å²) in [6.07, 6.45) is 2.63. The van der Waals surface area contributed by atoms with Crippen LogP contribution in [0.1, 0.15) is 31.1 Å². The van der Waals surface area contributed by atoms with Crippen molar-refractivity contribution in [3.63, 3.8) is 0 Å². The van der Waals surface area contributed by atoms with Crippen molar-refractivity contribution in [2.75, 3.05) is 0 Å². The summed E-state index contributed by atoms with van der Waals surface area (Å²) < 4.78 is 0. The van der Waals surface area contributed by atoms with Gasteiger partial charge in [-0.15, -0.1) is 11.3 Å². The molecule has 0 saturated heterocycles. The van der Waals surface area contributed by atoms with Gasteiger partial charge in [-0.2, -0.15) is 0 Å². The van der Waals surface area contributed by atoms with E-state index in [-0.39, 0.29) is 0 Å². The highest BCUT2D eigenvalue weighted by molar-refractivity contribution is 7.10. The molecule has 0 saturated carbocycles. The van der Waals surface area contributed by atoms with Gasteiger partial charge in [0.25, 0.3) is 0 Å². The summed E-state index contributed by atoms with van der Waals surface area (Å²) in [5.74, 6) is -0.761. The Hall–Kier alpha value is -1.65. The predicted molar refractivity (Wildman–Crippen MR) is 87.5 cm³/mol. The SMILES string of the molecule is CCCCC(NCc1cc(-c2ccccc2)cs1)C(=O)O. The first kappa shape index (κ1) is 15.7. The molecule has 0 bridgehead atoms. The van der Waals surface area contributed by atoms with Crippen molar-refractivity contribution in [1.82, 2.24) is 5.32 Å². The lowest BCUT2D eigenvalue weighted by molar-refractivity contribution is -0.139. The zero-order valence-electron chi connectivity index (χ0n) is 12.2. The number of thiophene rings is 1. The molecule has 2 N–H and O–H groups in total. The zero-order valence-corrected chi connectivity index (χ0v) is 13.0. The molecule has 1 heterocycles. The Kier molecular flexibility index (Phi) is 5.96. The fraction of sp³-hybridized carbons (Fsp3) is 0.353. The Bertz CT molecular complexity index is 565. The molecule has 1 unspecified atom stereocenters. The van der Waals surface area contributed by atoms with Crippen LogP contribution in [0.15, 0.2) is 41.8 Å². The molecule has 0 aliphatic carbocycles. The van der Waals surface area contributed by atoms with E-state index in [2.05, 4.69) is 35.8 Å². The topological polar surface area (TPSA) is 49.3 Å². The van der Waals surface area contributed by atoms with E-state index in [1.807, 2.05) is 18.2 Å². The number of hydrogen-bond donors (Lipinski definition) is 2. The van der Waals surface area contributed by atoms with Crippen molar-refractivity contribution >= 4 is 17.3 Å². The second kappa shape index (κ2) is 7.96. The van der Waals surface area contributed by atoms with Crippen LogP contribution in [0.5, 0.6) is 0 Å². The lowest BCUT2D eigenvalue weighted by Gasteiger charge is -2.13. The molecule has 1 aromatic heterocycles. The Balaban J connectivity index is 1.94. The highest BCUT2D eigenvalue weighted by Gasteiger charge is 2.16. The first-order valence-corrected chi connectivity index (χ1v) is 8.17. The summed E-state index contributed by atoms with van der Waals surface area (Å²) in [4.78, 5) is 12.4. The van der Waals surface area contributed by atoms with Gasteiger partial charge in [-0.05, 0) is 29.0 Å². The van der Waals surface area contributed by atoms with Crippen LogP contribution in [-0.2, 0) is 11.3 Å².